The predicted molar refractivity (Wildman–Crippen MR) is 80.5 cm³/mol. The average molecular weight is 371 g/mol. The van der Waals surface area contributed by atoms with Crippen LogP contribution in [0.3, 0.4) is 0 Å². The van der Waals surface area contributed by atoms with E-state index in [2.05, 4.69) is 30.4 Å². The monoisotopic (exact) mass is 370 g/mol. The molecule has 0 amide bonds. The zero-order valence-corrected chi connectivity index (χ0v) is 13.3. The number of aromatic nitrogens is 1. The van der Waals surface area contributed by atoms with E-state index in [0.29, 0.717) is 4.60 Å². The van der Waals surface area contributed by atoms with Crippen molar-refractivity contribution < 1.29 is 17.9 Å². The molecular weight excluding hydrogens is 360 g/mol. The van der Waals surface area contributed by atoms with Gasteiger partial charge in [0.25, 0.3) is 10.0 Å². The highest BCUT2D eigenvalue weighted by molar-refractivity contribution is 9.10. The average Bonchev–Trinajstić information content (AvgIpc) is 2.48. The number of carbonyl (C=O) groups excluding carboxylic acids is 1. The van der Waals surface area contributed by atoms with Gasteiger partial charge in [-0.05, 0) is 40.2 Å². The summed E-state index contributed by atoms with van der Waals surface area (Å²) in [4.78, 5) is 15.4. The first-order chi connectivity index (χ1) is 9.94. The molecular formula is C13H11BrN2O4S. The van der Waals surface area contributed by atoms with E-state index in [0.717, 1.165) is 0 Å². The number of sulfonamides is 1. The van der Waals surface area contributed by atoms with E-state index in [1.807, 2.05) is 0 Å². The summed E-state index contributed by atoms with van der Waals surface area (Å²) in [5, 5.41) is 0. The maximum Gasteiger partial charge on any atom is 0.339 e. The first kappa shape index (κ1) is 15.5. The van der Waals surface area contributed by atoms with E-state index in [1.54, 1.807) is 18.2 Å². The topological polar surface area (TPSA) is 85.4 Å². The molecule has 0 saturated heterocycles. The molecule has 1 N–H and O–H groups in total. The zero-order chi connectivity index (χ0) is 15.5. The lowest BCUT2D eigenvalue weighted by molar-refractivity contribution is 0.0596. The number of ether oxygens (including phenoxy) is 1. The zero-order valence-electron chi connectivity index (χ0n) is 10.9. The van der Waals surface area contributed by atoms with E-state index in [1.165, 1.54) is 31.5 Å². The molecule has 0 unspecified atom stereocenters. The van der Waals surface area contributed by atoms with Crippen molar-refractivity contribution in [3.05, 3.63) is 52.8 Å². The number of hydrogen-bond donors (Lipinski definition) is 1. The van der Waals surface area contributed by atoms with Crippen molar-refractivity contribution in [3.63, 3.8) is 0 Å². The molecule has 0 aliphatic rings. The minimum Gasteiger partial charge on any atom is -0.465 e. The predicted octanol–water partition coefficient (Wildman–Crippen LogP) is 2.43. The molecule has 1 heterocycles. The number of rotatable bonds is 4. The molecule has 21 heavy (non-hydrogen) atoms. The van der Waals surface area contributed by atoms with Crippen LogP contribution < -0.4 is 4.72 Å². The number of anilines is 1. The fraction of sp³-hybridized carbons (Fsp3) is 0.0769. The Morgan fingerprint density at radius 3 is 2.57 bits per heavy atom. The lowest BCUT2D eigenvalue weighted by atomic mass is 10.2. The Bertz CT molecular complexity index is 760. The minimum atomic E-state index is -3.92. The number of nitrogens with one attached hydrogen (secondary N) is 1. The summed E-state index contributed by atoms with van der Waals surface area (Å²) in [5.74, 6) is -0.718. The van der Waals surface area contributed by atoms with E-state index in [9.17, 15) is 13.2 Å². The van der Waals surface area contributed by atoms with Gasteiger partial charge in [0.2, 0.25) is 0 Å². The van der Waals surface area contributed by atoms with Crippen LogP contribution in [-0.2, 0) is 14.8 Å². The Morgan fingerprint density at radius 1 is 1.24 bits per heavy atom. The van der Waals surface area contributed by atoms with Crippen LogP contribution in [0.15, 0.2) is 52.1 Å². The number of hydrogen-bond acceptors (Lipinski definition) is 5. The van der Waals surface area contributed by atoms with Crippen LogP contribution in [0, 0.1) is 0 Å². The van der Waals surface area contributed by atoms with Crippen molar-refractivity contribution in [2.45, 2.75) is 4.90 Å². The molecule has 6 nitrogen and oxygen atoms in total. The van der Waals surface area contributed by atoms with Crippen molar-refractivity contribution in [2.75, 3.05) is 11.8 Å². The highest BCUT2D eigenvalue weighted by Gasteiger charge is 2.22. The standard InChI is InChI=1S/C13H11BrN2O4S/c1-20-13(17)10-4-2-3-5-11(10)21(18,19)16-9-6-7-12(14)15-8-9/h2-8,16H,1H3. The smallest absolute Gasteiger partial charge is 0.339 e. The number of methoxy groups -OCH3 is 1. The van der Waals surface area contributed by atoms with Crippen molar-refractivity contribution in [2.24, 2.45) is 0 Å². The van der Waals surface area contributed by atoms with Gasteiger partial charge in [-0.1, -0.05) is 12.1 Å². The van der Waals surface area contributed by atoms with Crippen molar-refractivity contribution >= 4 is 37.6 Å². The molecule has 2 aromatic rings. The van der Waals surface area contributed by atoms with Crippen LogP contribution >= 0.6 is 15.9 Å². The SMILES string of the molecule is COC(=O)c1ccccc1S(=O)(=O)Nc1ccc(Br)nc1. The number of pyridine rings is 1. The first-order valence-corrected chi connectivity index (χ1v) is 8.03. The van der Waals surface area contributed by atoms with E-state index >= 15 is 0 Å². The van der Waals surface area contributed by atoms with E-state index in [-0.39, 0.29) is 16.1 Å². The Hall–Kier alpha value is -1.93. The largest absolute Gasteiger partial charge is 0.465 e. The molecule has 0 spiro atoms. The molecule has 2 rings (SSSR count). The molecule has 0 saturated carbocycles. The van der Waals surface area contributed by atoms with Gasteiger partial charge in [0.15, 0.2) is 0 Å². The van der Waals surface area contributed by atoms with Crippen LogP contribution in [0.25, 0.3) is 0 Å². The summed E-state index contributed by atoms with van der Waals surface area (Å²) in [6.07, 6.45) is 1.36. The van der Waals surface area contributed by atoms with Gasteiger partial charge in [-0.3, -0.25) is 4.72 Å². The first-order valence-electron chi connectivity index (χ1n) is 5.76. The summed E-state index contributed by atoms with van der Waals surface area (Å²) >= 11 is 3.16. The molecule has 0 fully saturated rings. The Balaban J connectivity index is 2.40. The van der Waals surface area contributed by atoms with Crippen LogP contribution in [0.5, 0.6) is 0 Å². The quantitative estimate of drug-likeness (QED) is 0.659. The number of benzene rings is 1. The van der Waals surface area contributed by atoms with Crippen molar-refractivity contribution in [3.8, 4) is 0 Å². The third-order valence-electron chi connectivity index (χ3n) is 2.56. The van der Waals surface area contributed by atoms with Crippen molar-refractivity contribution in [1.82, 2.24) is 4.98 Å². The molecule has 0 aliphatic carbocycles. The normalized spacial score (nSPS) is 11.0. The molecule has 110 valence electrons. The molecule has 0 atom stereocenters. The Morgan fingerprint density at radius 2 is 1.95 bits per heavy atom. The Kier molecular flexibility index (Phi) is 4.59. The highest BCUT2D eigenvalue weighted by atomic mass is 79.9. The fourth-order valence-electron chi connectivity index (χ4n) is 1.63. The van der Waals surface area contributed by atoms with Gasteiger partial charge >= 0.3 is 5.97 Å². The van der Waals surface area contributed by atoms with Gasteiger partial charge in [0, 0.05) is 0 Å². The third-order valence-corrected chi connectivity index (χ3v) is 4.47. The van der Waals surface area contributed by atoms with Gasteiger partial charge in [-0.15, -0.1) is 0 Å². The summed E-state index contributed by atoms with van der Waals surface area (Å²) in [6.45, 7) is 0. The summed E-state index contributed by atoms with van der Waals surface area (Å²) in [7, 11) is -2.73. The number of esters is 1. The molecule has 0 aliphatic heterocycles. The molecule has 0 radical (unpaired) electrons. The maximum absolute atomic E-state index is 12.4. The van der Waals surface area contributed by atoms with Crippen LogP contribution in [0.2, 0.25) is 0 Å². The van der Waals surface area contributed by atoms with Crippen LogP contribution in [0.4, 0.5) is 5.69 Å². The minimum absolute atomic E-state index is 0.0300. The number of carbonyl (C=O) groups is 1. The second-order valence-electron chi connectivity index (χ2n) is 3.96. The van der Waals surface area contributed by atoms with Gasteiger partial charge in [-0.2, -0.15) is 0 Å². The molecule has 0 bridgehead atoms. The van der Waals surface area contributed by atoms with Gasteiger partial charge < -0.3 is 4.74 Å². The second-order valence-corrected chi connectivity index (χ2v) is 6.43. The fourth-order valence-corrected chi connectivity index (χ4v) is 3.10. The summed E-state index contributed by atoms with van der Waals surface area (Å²) in [6, 6.07) is 8.97. The maximum atomic E-state index is 12.4. The highest BCUT2D eigenvalue weighted by Crippen LogP contribution is 2.20. The molecule has 1 aromatic carbocycles. The Labute approximate surface area is 130 Å². The lowest BCUT2D eigenvalue weighted by Gasteiger charge is -2.10. The van der Waals surface area contributed by atoms with E-state index in [4.69, 9.17) is 0 Å². The third kappa shape index (κ3) is 3.59. The van der Waals surface area contributed by atoms with Gasteiger partial charge in [-0.25, -0.2) is 18.2 Å². The second kappa shape index (κ2) is 6.23. The number of halogens is 1. The van der Waals surface area contributed by atoms with E-state index < -0.39 is 16.0 Å². The number of nitrogens with zero attached hydrogens (tertiary/aromatic N) is 1. The van der Waals surface area contributed by atoms with Crippen LogP contribution in [-0.4, -0.2) is 26.5 Å². The summed E-state index contributed by atoms with van der Waals surface area (Å²) in [5.41, 5.74) is 0.260. The van der Waals surface area contributed by atoms with Gasteiger partial charge in [0.1, 0.15) is 9.50 Å². The van der Waals surface area contributed by atoms with Crippen LogP contribution in [0.1, 0.15) is 10.4 Å². The molecule has 8 heteroatoms. The van der Waals surface area contributed by atoms with Crippen molar-refractivity contribution in [1.29, 1.82) is 0 Å². The lowest BCUT2D eigenvalue weighted by Crippen LogP contribution is -2.17. The molecule has 1 aromatic heterocycles. The summed E-state index contributed by atoms with van der Waals surface area (Å²) < 4.78 is 32.3. The van der Waals surface area contributed by atoms with Gasteiger partial charge in [0.05, 0.1) is 24.6 Å².